The van der Waals surface area contributed by atoms with Crippen LogP contribution < -0.4 is 0 Å². The van der Waals surface area contributed by atoms with Gasteiger partial charge in [-0.3, -0.25) is 9.59 Å². The first kappa shape index (κ1) is 17.7. The number of hydrogen-bond acceptors (Lipinski definition) is 7. The van der Waals surface area contributed by atoms with Gasteiger partial charge in [0.05, 0.1) is 6.10 Å². The van der Waals surface area contributed by atoms with Crippen LogP contribution in [0, 0.1) is 0 Å². The van der Waals surface area contributed by atoms with Crippen molar-refractivity contribution in [1.29, 1.82) is 0 Å². The van der Waals surface area contributed by atoms with Crippen LogP contribution >= 0.6 is 0 Å². The van der Waals surface area contributed by atoms with Gasteiger partial charge in [-0.15, -0.1) is 5.73 Å². The molecule has 9 nitrogen and oxygen atoms in total. The van der Waals surface area contributed by atoms with E-state index in [-0.39, 0.29) is 6.61 Å². The molecule has 1 aliphatic rings. The van der Waals surface area contributed by atoms with Crippen LogP contribution in [-0.4, -0.2) is 54.1 Å². The molecule has 1 unspecified atom stereocenters. The van der Waals surface area contributed by atoms with Gasteiger partial charge in [0.15, 0.2) is 0 Å². The van der Waals surface area contributed by atoms with Crippen molar-refractivity contribution in [2.75, 3.05) is 6.61 Å². The smallest absolute Gasteiger partial charge is 0.303 e. The molecule has 0 bridgehead atoms. The number of rotatable bonds is 5. The number of aliphatic hydroxyl groups excluding tert-OH is 1. The molecule has 5 atom stereocenters. The van der Waals surface area contributed by atoms with Crippen molar-refractivity contribution < 1.29 is 28.9 Å². The van der Waals surface area contributed by atoms with Crippen molar-refractivity contribution in [3.05, 3.63) is 28.8 Å². The van der Waals surface area contributed by atoms with E-state index in [2.05, 4.69) is 22.3 Å². The van der Waals surface area contributed by atoms with E-state index in [0.29, 0.717) is 0 Å². The molecule has 0 spiro atoms. The minimum atomic E-state index is -1.26. The highest BCUT2D eigenvalue weighted by Crippen LogP contribution is 2.27. The van der Waals surface area contributed by atoms with Gasteiger partial charge in [-0.2, -0.15) is 0 Å². The van der Waals surface area contributed by atoms with E-state index in [1.54, 1.807) is 0 Å². The third-order valence-corrected chi connectivity index (χ3v) is 2.94. The number of nitrogens with zero attached hydrogens (tertiary/aromatic N) is 3. The molecule has 0 aromatic carbocycles. The molecule has 0 amide bonds. The fraction of sp³-hybridized carbons (Fsp3) is 0.615. The maximum Gasteiger partial charge on any atom is 0.303 e. The Morgan fingerprint density at radius 1 is 1.50 bits per heavy atom. The highest BCUT2D eigenvalue weighted by Gasteiger charge is 2.46. The Morgan fingerprint density at radius 3 is 2.68 bits per heavy atom. The number of carbonyl (C=O) groups excluding carboxylic acids is 2. The van der Waals surface area contributed by atoms with E-state index in [1.807, 2.05) is 0 Å². The van der Waals surface area contributed by atoms with Crippen LogP contribution in [0.2, 0.25) is 0 Å². The summed E-state index contributed by atoms with van der Waals surface area (Å²) in [6.07, 6.45) is -2.79. The van der Waals surface area contributed by atoms with Crippen LogP contribution in [0.15, 0.2) is 23.5 Å². The molecule has 1 fully saturated rings. The van der Waals surface area contributed by atoms with Crippen LogP contribution in [0.3, 0.4) is 0 Å². The van der Waals surface area contributed by atoms with E-state index in [4.69, 9.17) is 19.7 Å². The molecule has 120 valence electrons. The normalized spacial score (nSPS) is 30.4. The maximum atomic E-state index is 11.2. The summed E-state index contributed by atoms with van der Waals surface area (Å²) in [5.41, 5.74) is 11.1. The fourth-order valence-corrected chi connectivity index (χ4v) is 2.09. The van der Waals surface area contributed by atoms with E-state index in [0.717, 1.165) is 6.92 Å². The van der Waals surface area contributed by atoms with Crippen molar-refractivity contribution in [3.8, 4) is 0 Å². The van der Waals surface area contributed by atoms with Crippen molar-refractivity contribution in [3.63, 3.8) is 0 Å². The first-order chi connectivity index (χ1) is 10.4. The molecular weight excluding hydrogens is 294 g/mol. The Bertz CT molecular complexity index is 524. The zero-order chi connectivity index (χ0) is 16.7. The Morgan fingerprint density at radius 2 is 2.18 bits per heavy atom. The topological polar surface area (TPSA) is 131 Å². The molecule has 1 saturated heterocycles. The predicted molar refractivity (Wildman–Crippen MR) is 73.5 cm³/mol. The Balaban J connectivity index is 3.10. The summed E-state index contributed by atoms with van der Waals surface area (Å²) in [6.45, 7) is 5.54. The van der Waals surface area contributed by atoms with E-state index in [1.165, 1.54) is 13.0 Å². The Labute approximate surface area is 126 Å². The molecule has 0 aliphatic carbocycles. The van der Waals surface area contributed by atoms with E-state index in [9.17, 15) is 14.7 Å². The SMILES string of the molecule is C=C=C[C@H]1O[C@H](COC(C)=O)[C@H](OC(C)=O)C(N=[N+]=[N-])[C@H]1O. The van der Waals surface area contributed by atoms with Crippen molar-refractivity contribution in [1.82, 2.24) is 0 Å². The fourth-order valence-electron chi connectivity index (χ4n) is 2.09. The zero-order valence-electron chi connectivity index (χ0n) is 12.2. The van der Waals surface area contributed by atoms with Gasteiger partial charge < -0.3 is 19.3 Å². The summed E-state index contributed by atoms with van der Waals surface area (Å²) in [5, 5.41) is 13.7. The summed E-state index contributed by atoms with van der Waals surface area (Å²) >= 11 is 0. The Kier molecular flexibility index (Phi) is 6.62. The second-order valence-electron chi connectivity index (χ2n) is 4.57. The van der Waals surface area contributed by atoms with Gasteiger partial charge in [-0.25, -0.2) is 0 Å². The number of aliphatic hydroxyl groups is 1. The van der Waals surface area contributed by atoms with Crippen LogP contribution in [0.5, 0.6) is 0 Å². The van der Waals surface area contributed by atoms with Crippen LogP contribution in [-0.2, 0) is 23.8 Å². The van der Waals surface area contributed by atoms with Gasteiger partial charge in [0.2, 0.25) is 0 Å². The van der Waals surface area contributed by atoms with E-state index < -0.39 is 42.4 Å². The molecule has 0 radical (unpaired) electrons. The first-order valence-electron chi connectivity index (χ1n) is 6.45. The monoisotopic (exact) mass is 311 g/mol. The minimum Gasteiger partial charge on any atom is -0.463 e. The molecule has 0 saturated carbocycles. The quantitative estimate of drug-likeness (QED) is 0.260. The summed E-state index contributed by atoms with van der Waals surface area (Å²) in [4.78, 5) is 24.8. The summed E-state index contributed by atoms with van der Waals surface area (Å²) < 4.78 is 15.5. The maximum absolute atomic E-state index is 11.2. The second kappa shape index (κ2) is 8.21. The molecular formula is C13H17N3O6. The minimum absolute atomic E-state index is 0.223. The summed E-state index contributed by atoms with van der Waals surface area (Å²) in [6, 6.07) is -1.10. The molecule has 1 N–H and O–H groups in total. The molecule has 9 heteroatoms. The van der Waals surface area contributed by atoms with Gasteiger partial charge in [0.1, 0.15) is 31.0 Å². The molecule has 1 rings (SSSR count). The predicted octanol–water partition coefficient (Wildman–Crippen LogP) is 0.629. The number of ether oxygens (including phenoxy) is 3. The van der Waals surface area contributed by atoms with Crippen LogP contribution in [0.4, 0.5) is 0 Å². The lowest BCUT2D eigenvalue weighted by molar-refractivity contribution is -0.199. The van der Waals surface area contributed by atoms with Crippen LogP contribution in [0.25, 0.3) is 10.4 Å². The third kappa shape index (κ3) is 4.61. The molecule has 1 heterocycles. The highest BCUT2D eigenvalue weighted by molar-refractivity contribution is 5.66. The number of azide groups is 1. The largest absolute Gasteiger partial charge is 0.463 e. The van der Waals surface area contributed by atoms with Gasteiger partial charge in [0.25, 0.3) is 0 Å². The third-order valence-electron chi connectivity index (χ3n) is 2.94. The van der Waals surface area contributed by atoms with Gasteiger partial charge >= 0.3 is 11.9 Å². The zero-order valence-corrected chi connectivity index (χ0v) is 12.2. The molecule has 1 aliphatic heterocycles. The van der Waals surface area contributed by atoms with Crippen molar-refractivity contribution in [2.45, 2.75) is 44.3 Å². The first-order valence-corrected chi connectivity index (χ1v) is 6.45. The van der Waals surface area contributed by atoms with E-state index >= 15 is 0 Å². The molecule has 0 aromatic heterocycles. The lowest BCUT2D eigenvalue weighted by Gasteiger charge is -2.41. The van der Waals surface area contributed by atoms with Gasteiger partial charge in [0, 0.05) is 18.8 Å². The number of carbonyl (C=O) groups is 2. The van der Waals surface area contributed by atoms with Gasteiger partial charge in [-0.1, -0.05) is 11.7 Å². The lowest BCUT2D eigenvalue weighted by atomic mass is 9.93. The summed E-state index contributed by atoms with van der Waals surface area (Å²) in [7, 11) is 0. The lowest BCUT2D eigenvalue weighted by Crippen LogP contribution is -2.58. The standard InChI is InChI=1S/C13H17N3O6/c1-4-5-9-12(19)11(15-16-14)13(21-8(3)18)10(22-9)6-20-7(2)17/h5,9-13,19H,1,6H2,2-3H3/t9-,10-,11?,12+,13+/m1/s1. The van der Waals surface area contributed by atoms with Crippen molar-refractivity contribution in [2.24, 2.45) is 5.11 Å². The van der Waals surface area contributed by atoms with Crippen LogP contribution in [0.1, 0.15) is 13.8 Å². The number of hydrogen-bond donors (Lipinski definition) is 1. The van der Waals surface area contributed by atoms with Crippen molar-refractivity contribution >= 4 is 11.9 Å². The molecule has 0 aromatic rings. The summed E-state index contributed by atoms with van der Waals surface area (Å²) in [5.74, 6) is -1.20. The number of esters is 2. The van der Waals surface area contributed by atoms with Gasteiger partial charge in [-0.05, 0) is 11.6 Å². The second-order valence-corrected chi connectivity index (χ2v) is 4.57. The average Bonchev–Trinajstić information content (AvgIpc) is 2.44. The average molecular weight is 311 g/mol. The molecule has 22 heavy (non-hydrogen) atoms. The Hall–Kier alpha value is -2.31. The highest BCUT2D eigenvalue weighted by atomic mass is 16.6.